The van der Waals surface area contributed by atoms with E-state index in [9.17, 15) is 4.79 Å². The minimum absolute atomic E-state index is 0.0634. The summed E-state index contributed by atoms with van der Waals surface area (Å²) in [6.07, 6.45) is 2.03. The molecule has 0 unspecified atom stereocenters. The maximum absolute atomic E-state index is 12.5. The van der Waals surface area contributed by atoms with Gasteiger partial charge in [-0.15, -0.1) is 0 Å². The summed E-state index contributed by atoms with van der Waals surface area (Å²) in [6, 6.07) is 15.4. The first-order valence-corrected chi connectivity index (χ1v) is 9.13. The van der Waals surface area contributed by atoms with Crippen molar-refractivity contribution in [3.8, 4) is 5.75 Å². The van der Waals surface area contributed by atoms with Gasteiger partial charge in [0.05, 0.1) is 5.56 Å². The highest BCUT2D eigenvalue weighted by Gasteiger charge is 2.27. The molecule has 0 bridgehead atoms. The van der Waals surface area contributed by atoms with E-state index in [1.807, 2.05) is 24.3 Å². The Morgan fingerprint density at radius 3 is 2.04 bits per heavy atom. The van der Waals surface area contributed by atoms with Crippen LogP contribution in [-0.4, -0.2) is 5.97 Å². The van der Waals surface area contributed by atoms with Crippen molar-refractivity contribution in [1.82, 2.24) is 0 Å². The van der Waals surface area contributed by atoms with Crippen LogP contribution < -0.4 is 4.74 Å². The van der Waals surface area contributed by atoms with Gasteiger partial charge >= 0.3 is 5.97 Å². The fourth-order valence-electron chi connectivity index (χ4n) is 2.70. The third-order valence-electron chi connectivity index (χ3n) is 5.47. The summed E-state index contributed by atoms with van der Waals surface area (Å²) in [5, 5.41) is 0. The molecule has 0 aliphatic carbocycles. The Bertz CT molecular complexity index is 727. The van der Waals surface area contributed by atoms with Crippen LogP contribution in [0.4, 0.5) is 0 Å². The molecule has 0 atom stereocenters. The third kappa shape index (κ3) is 4.31. The molecule has 0 heterocycles. The largest absolute Gasteiger partial charge is 0.423 e. The second kappa shape index (κ2) is 7.43. The molecule has 134 valence electrons. The lowest BCUT2D eigenvalue weighted by atomic mass is 9.76. The van der Waals surface area contributed by atoms with Crippen LogP contribution in [0, 0.1) is 0 Å². The zero-order chi connectivity index (χ0) is 18.7. The number of esters is 1. The van der Waals surface area contributed by atoms with Gasteiger partial charge in [-0.3, -0.25) is 0 Å². The van der Waals surface area contributed by atoms with Gasteiger partial charge in [-0.2, -0.15) is 0 Å². The van der Waals surface area contributed by atoms with Gasteiger partial charge in [0.25, 0.3) is 0 Å². The van der Waals surface area contributed by atoms with Crippen LogP contribution in [0.5, 0.6) is 5.75 Å². The number of hydrogen-bond donors (Lipinski definition) is 0. The topological polar surface area (TPSA) is 26.3 Å². The Morgan fingerprint density at radius 2 is 1.48 bits per heavy atom. The molecule has 2 nitrogen and oxygen atoms in total. The smallest absolute Gasteiger partial charge is 0.343 e. The number of benzene rings is 2. The maximum Gasteiger partial charge on any atom is 0.343 e. The van der Waals surface area contributed by atoms with Gasteiger partial charge < -0.3 is 4.74 Å². The Morgan fingerprint density at radius 1 is 0.880 bits per heavy atom. The van der Waals surface area contributed by atoms with Gasteiger partial charge in [-0.1, -0.05) is 71.9 Å². The Labute approximate surface area is 152 Å². The van der Waals surface area contributed by atoms with Crippen molar-refractivity contribution in [2.75, 3.05) is 0 Å². The first kappa shape index (κ1) is 19.2. The minimum atomic E-state index is -0.309. The predicted molar refractivity (Wildman–Crippen MR) is 104 cm³/mol. The highest BCUT2D eigenvalue weighted by atomic mass is 16.5. The summed E-state index contributed by atoms with van der Waals surface area (Å²) in [7, 11) is 0. The standard InChI is InChI=1S/C23H30O2/c1-7-22(3,4)18-14-15-20(19(16-18)23(5,6)8-2)25-21(24)17-12-10-9-11-13-17/h9-16H,7-8H2,1-6H3. The van der Waals surface area contributed by atoms with Crippen molar-refractivity contribution in [1.29, 1.82) is 0 Å². The van der Waals surface area contributed by atoms with Crippen LogP contribution in [0.1, 0.15) is 75.9 Å². The average molecular weight is 338 g/mol. The van der Waals surface area contributed by atoms with Crippen molar-refractivity contribution in [3.05, 3.63) is 65.2 Å². The van der Waals surface area contributed by atoms with Crippen LogP contribution in [0.3, 0.4) is 0 Å². The maximum atomic E-state index is 12.5. The highest BCUT2D eigenvalue weighted by molar-refractivity contribution is 5.91. The molecule has 2 heteroatoms. The van der Waals surface area contributed by atoms with Gasteiger partial charge in [0, 0.05) is 5.56 Å². The molecule has 0 spiro atoms. The second-order valence-corrected chi connectivity index (χ2v) is 7.94. The summed E-state index contributed by atoms with van der Waals surface area (Å²) in [5.41, 5.74) is 2.98. The van der Waals surface area contributed by atoms with E-state index in [0.717, 1.165) is 18.4 Å². The molecule has 0 aliphatic rings. The molecule has 0 N–H and O–H groups in total. The van der Waals surface area contributed by atoms with E-state index >= 15 is 0 Å². The van der Waals surface area contributed by atoms with E-state index in [4.69, 9.17) is 4.74 Å². The van der Waals surface area contributed by atoms with Crippen molar-refractivity contribution < 1.29 is 9.53 Å². The molecule has 0 saturated heterocycles. The van der Waals surface area contributed by atoms with Gasteiger partial charge in [0.2, 0.25) is 0 Å². The second-order valence-electron chi connectivity index (χ2n) is 7.94. The molecule has 0 fully saturated rings. The van der Waals surface area contributed by atoms with Crippen molar-refractivity contribution >= 4 is 5.97 Å². The highest BCUT2D eigenvalue weighted by Crippen LogP contribution is 2.38. The molecule has 2 aromatic rings. The first-order valence-electron chi connectivity index (χ1n) is 9.13. The van der Waals surface area contributed by atoms with Crippen LogP contribution >= 0.6 is 0 Å². The summed E-state index contributed by atoms with van der Waals surface area (Å²) >= 11 is 0. The molecule has 0 radical (unpaired) electrons. The van der Waals surface area contributed by atoms with Gasteiger partial charge in [0.1, 0.15) is 5.75 Å². The number of rotatable bonds is 6. The van der Waals surface area contributed by atoms with Crippen LogP contribution in [0.2, 0.25) is 0 Å². The van der Waals surface area contributed by atoms with Crippen LogP contribution in [0.15, 0.2) is 48.5 Å². The van der Waals surface area contributed by atoms with Crippen LogP contribution in [-0.2, 0) is 10.8 Å². The van der Waals surface area contributed by atoms with E-state index in [2.05, 4.69) is 53.7 Å². The number of carbonyl (C=O) groups excluding carboxylic acids is 1. The lowest BCUT2D eigenvalue weighted by Gasteiger charge is -2.30. The number of hydrogen-bond acceptors (Lipinski definition) is 2. The van der Waals surface area contributed by atoms with Crippen molar-refractivity contribution in [3.63, 3.8) is 0 Å². The Hall–Kier alpha value is -2.09. The van der Waals surface area contributed by atoms with Gasteiger partial charge in [-0.05, 0) is 47.4 Å². The van der Waals surface area contributed by atoms with E-state index in [0.29, 0.717) is 11.3 Å². The summed E-state index contributed by atoms with van der Waals surface area (Å²) in [4.78, 5) is 12.5. The van der Waals surface area contributed by atoms with Gasteiger partial charge in [0.15, 0.2) is 0 Å². The molecule has 0 aliphatic heterocycles. The van der Waals surface area contributed by atoms with Crippen LogP contribution in [0.25, 0.3) is 0 Å². The lowest BCUT2D eigenvalue weighted by molar-refractivity contribution is 0.0731. The molecule has 0 saturated carbocycles. The summed E-state index contributed by atoms with van der Waals surface area (Å²) in [5.74, 6) is 0.354. The fourth-order valence-corrected chi connectivity index (χ4v) is 2.70. The Balaban J connectivity index is 2.45. The zero-order valence-electron chi connectivity index (χ0n) is 16.3. The number of carbonyl (C=O) groups is 1. The van der Waals surface area contributed by atoms with E-state index in [1.165, 1.54) is 5.56 Å². The monoisotopic (exact) mass is 338 g/mol. The SMILES string of the molecule is CCC(C)(C)c1ccc(OC(=O)c2ccccc2)c(C(C)(C)CC)c1. The molecule has 2 aromatic carbocycles. The third-order valence-corrected chi connectivity index (χ3v) is 5.47. The quantitative estimate of drug-likeness (QED) is 0.457. The first-order chi connectivity index (χ1) is 11.7. The Kier molecular flexibility index (Phi) is 5.72. The molecule has 25 heavy (non-hydrogen) atoms. The van der Waals surface area contributed by atoms with Gasteiger partial charge in [-0.25, -0.2) is 4.79 Å². The summed E-state index contributed by atoms with van der Waals surface area (Å²) < 4.78 is 5.78. The van der Waals surface area contributed by atoms with Crippen molar-refractivity contribution in [2.45, 2.75) is 65.2 Å². The molecule has 0 aromatic heterocycles. The fraction of sp³-hybridized carbons (Fsp3) is 0.435. The lowest BCUT2D eigenvalue weighted by Crippen LogP contribution is -2.22. The van der Waals surface area contributed by atoms with Crippen molar-refractivity contribution in [2.24, 2.45) is 0 Å². The molecular formula is C23H30O2. The summed E-state index contributed by atoms with van der Waals surface area (Å²) in [6.45, 7) is 13.3. The normalized spacial score (nSPS) is 12.1. The predicted octanol–water partition coefficient (Wildman–Crippen LogP) is 6.28. The average Bonchev–Trinajstić information content (AvgIpc) is 2.62. The minimum Gasteiger partial charge on any atom is -0.423 e. The molecular weight excluding hydrogens is 308 g/mol. The molecule has 0 amide bonds. The van der Waals surface area contributed by atoms with E-state index in [-0.39, 0.29) is 16.8 Å². The van der Waals surface area contributed by atoms with E-state index < -0.39 is 0 Å². The molecule has 2 rings (SSSR count). The van der Waals surface area contributed by atoms with E-state index in [1.54, 1.807) is 12.1 Å². The zero-order valence-corrected chi connectivity index (χ0v) is 16.3. The number of ether oxygens (including phenoxy) is 1.